The summed E-state index contributed by atoms with van der Waals surface area (Å²) in [6, 6.07) is 0.778. The summed E-state index contributed by atoms with van der Waals surface area (Å²) in [5.41, 5.74) is 0.504. The fourth-order valence-electron chi connectivity index (χ4n) is 3.49. The molecule has 0 aromatic heterocycles. The summed E-state index contributed by atoms with van der Waals surface area (Å²) in [6.45, 7) is 7.53. The number of carbonyl (C=O) groups is 1. The predicted molar refractivity (Wildman–Crippen MR) is 85.2 cm³/mol. The molecule has 1 fully saturated rings. The van der Waals surface area contributed by atoms with E-state index in [4.69, 9.17) is 13.6 Å². The van der Waals surface area contributed by atoms with Crippen molar-refractivity contribution in [3.05, 3.63) is 12.2 Å². The van der Waals surface area contributed by atoms with Crippen molar-refractivity contribution in [1.82, 2.24) is 5.32 Å². The number of ether oxygens (including phenoxy) is 1. The lowest BCUT2D eigenvalue weighted by Crippen LogP contribution is -2.73. The van der Waals surface area contributed by atoms with E-state index in [-0.39, 0.29) is 11.9 Å². The van der Waals surface area contributed by atoms with Gasteiger partial charge >= 0.3 is 8.56 Å². The lowest BCUT2D eigenvalue weighted by Gasteiger charge is -2.52. The number of nitrogens with one attached hydrogen (secondary N) is 1. The van der Waals surface area contributed by atoms with Gasteiger partial charge in [-0.25, -0.2) is 0 Å². The van der Waals surface area contributed by atoms with E-state index in [9.17, 15) is 4.79 Å². The number of amides is 1. The minimum atomic E-state index is -2.56. The number of rotatable bonds is 7. The molecule has 1 rings (SSSR count). The van der Waals surface area contributed by atoms with Gasteiger partial charge in [0.2, 0.25) is 5.91 Å². The zero-order chi connectivity index (χ0) is 16.1. The maximum absolute atomic E-state index is 12.1. The first-order valence-electron chi connectivity index (χ1n) is 7.54. The first-order chi connectivity index (χ1) is 9.92. The van der Waals surface area contributed by atoms with Gasteiger partial charge in [0.1, 0.15) is 5.22 Å². The van der Waals surface area contributed by atoms with E-state index in [1.54, 1.807) is 28.3 Å². The molecule has 1 heterocycles. The third kappa shape index (κ3) is 3.23. The fourth-order valence-corrected chi connectivity index (χ4v) is 7.54. The van der Waals surface area contributed by atoms with Crippen LogP contribution in [-0.4, -0.2) is 47.1 Å². The maximum Gasteiger partial charge on any atom is 0.372 e. The summed E-state index contributed by atoms with van der Waals surface area (Å²) in [6.07, 6.45) is 3.57. The molecule has 0 aromatic carbocycles. The molecular weight excluding hydrogens is 286 g/mol. The van der Waals surface area contributed by atoms with Crippen LogP contribution in [0.2, 0.25) is 6.04 Å². The van der Waals surface area contributed by atoms with Crippen LogP contribution in [0.1, 0.15) is 39.5 Å². The zero-order valence-electron chi connectivity index (χ0n) is 14.0. The predicted octanol–water partition coefficient (Wildman–Crippen LogP) is 2.30. The van der Waals surface area contributed by atoms with Gasteiger partial charge in [-0.05, 0) is 32.2 Å². The zero-order valence-corrected chi connectivity index (χ0v) is 15.0. The van der Waals surface area contributed by atoms with Crippen LogP contribution in [0.5, 0.6) is 0 Å². The van der Waals surface area contributed by atoms with Crippen LogP contribution < -0.4 is 5.32 Å². The monoisotopic (exact) mass is 315 g/mol. The third-order valence-corrected chi connectivity index (χ3v) is 8.97. The number of carbonyl (C=O) groups excluding carboxylic acids is 1. The Balaban J connectivity index is 3.20. The number of hydrogen-bond donors (Lipinski definition) is 1. The third-order valence-electron chi connectivity index (χ3n) is 4.54. The van der Waals surface area contributed by atoms with E-state index >= 15 is 0 Å². The Morgan fingerprint density at radius 3 is 2.43 bits per heavy atom. The van der Waals surface area contributed by atoms with Gasteiger partial charge in [-0.3, -0.25) is 4.79 Å². The standard InChI is InChI=1S/C15H29NO4Si/c1-7-10-15(18-4)13(16-14(17)12(2)3)9-8-11-21(15,19-5)20-6/h13H,2,7-11H2,1,3-6H3,(H,16,17). The highest BCUT2D eigenvalue weighted by Crippen LogP contribution is 2.43. The minimum absolute atomic E-state index is 0.105. The van der Waals surface area contributed by atoms with E-state index < -0.39 is 13.8 Å². The molecule has 1 saturated heterocycles. The van der Waals surface area contributed by atoms with Crippen LogP contribution >= 0.6 is 0 Å². The average molecular weight is 315 g/mol. The van der Waals surface area contributed by atoms with Crippen LogP contribution in [0, 0.1) is 0 Å². The summed E-state index contributed by atoms with van der Waals surface area (Å²) >= 11 is 0. The first kappa shape index (κ1) is 18.4. The summed E-state index contributed by atoms with van der Waals surface area (Å²) in [4.78, 5) is 12.1. The van der Waals surface area contributed by atoms with Gasteiger partial charge in [-0.2, -0.15) is 0 Å². The van der Waals surface area contributed by atoms with Crippen molar-refractivity contribution in [2.75, 3.05) is 21.3 Å². The molecule has 0 saturated carbocycles. The largest absolute Gasteiger partial charge is 0.396 e. The van der Waals surface area contributed by atoms with Gasteiger partial charge in [0.25, 0.3) is 0 Å². The second-order valence-corrected chi connectivity index (χ2v) is 9.37. The molecule has 0 bridgehead atoms. The quantitative estimate of drug-likeness (QED) is 0.578. The van der Waals surface area contributed by atoms with Gasteiger partial charge in [0.15, 0.2) is 0 Å². The molecule has 6 heteroatoms. The minimum Gasteiger partial charge on any atom is -0.396 e. The molecule has 21 heavy (non-hydrogen) atoms. The van der Waals surface area contributed by atoms with Gasteiger partial charge < -0.3 is 18.9 Å². The normalized spacial score (nSPS) is 28.1. The summed E-state index contributed by atoms with van der Waals surface area (Å²) < 4.78 is 17.7. The van der Waals surface area contributed by atoms with Crippen molar-refractivity contribution in [1.29, 1.82) is 0 Å². The van der Waals surface area contributed by atoms with Crippen molar-refractivity contribution in [3.63, 3.8) is 0 Å². The Labute approximate surface area is 129 Å². The van der Waals surface area contributed by atoms with Gasteiger partial charge in [-0.1, -0.05) is 19.9 Å². The first-order valence-corrected chi connectivity index (χ1v) is 9.57. The highest BCUT2D eigenvalue weighted by atomic mass is 28.4. The van der Waals surface area contributed by atoms with Crippen LogP contribution in [0.25, 0.3) is 0 Å². The Hall–Kier alpha value is -0.693. The van der Waals surface area contributed by atoms with Crippen molar-refractivity contribution < 1.29 is 18.4 Å². The van der Waals surface area contributed by atoms with Crippen LogP contribution in [0.15, 0.2) is 12.2 Å². The van der Waals surface area contributed by atoms with E-state index in [2.05, 4.69) is 18.8 Å². The topological polar surface area (TPSA) is 56.8 Å². The molecule has 0 aromatic rings. The second-order valence-electron chi connectivity index (χ2n) is 5.70. The molecule has 5 nitrogen and oxygen atoms in total. The molecular formula is C15H29NO4Si. The molecule has 0 aliphatic carbocycles. The van der Waals surface area contributed by atoms with Crippen molar-refractivity contribution in [3.8, 4) is 0 Å². The Morgan fingerprint density at radius 1 is 1.38 bits per heavy atom. The SMILES string of the molecule is C=C(C)C(=O)NC1CCC[Si](OC)(OC)C1(CCC)OC. The molecule has 0 radical (unpaired) electrons. The van der Waals surface area contributed by atoms with E-state index in [1.807, 2.05) is 0 Å². The Kier molecular flexibility index (Phi) is 6.59. The van der Waals surface area contributed by atoms with Crippen molar-refractivity contribution in [2.24, 2.45) is 0 Å². The summed E-state index contributed by atoms with van der Waals surface area (Å²) in [7, 11) is 2.53. The van der Waals surface area contributed by atoms with Crippen molar-refractivity contribution in [2.45, 2.75) is 56.8 Å². The molecule has 1 amide bonds. The van der Waals surface area contributed by atoms with Gasteiger partial charge in [0.05, 0.1) is 6.04 Å². The maximum atomic E-state index is 12.1. The molecule has 1 aliphatic rings. The summed E-state index contributed by atoms with van der Waals surface area (Å²) in [5, 5.41) is 2.52. The van der Waals surface area contributed by atoms with Gasteiger partial charge in [-0.15, -0.1) is 0 Å². The lowest BCUT2D eigenvalue weighted by atomic mass is 9.99. The molecule has 2 unspecified atom stereocenters. The average Bonchev–Trinajstić information content (AvgIpc) is 2.48. The summed E-state index contributed by atoms with van der Waals surface area (Å²) in [5.74, 6) is -0.130. The molecule has 2 atom stereocenters. The highest BCUT2D eigenvalue weighted by Gasteiger charge is 2.63. The molecule has 122 valence electrons. The Bertz CT molecular complexity index is 384. The van der Waals surface area contributed by atoms with Crippen LogP contribution in [0.4, 0.5) is 0 Å². The number of methoxy groups -OCH3 is 1. The van der Waals surface area contributed by atoms with Crippen LogP contribution in [0.3, 0.4) is 0 Å². The van der Waals surface area contributed by atoms with E-state index in [0.717, 1.165) is 31.7 Å². The lowest BCUT2D eigenvalue weighted by molar-refractivity contribution is -0.121. The molecule has 0 spiro atoms. The highest BCUT2D eigenvalue weighted by molar-refractivity contribution is 6.71. The van der Waals surface area contributed by atoms with E-state index in [1.165, 1.54) is 0 Å². The van der Waals surface area contributed by atoms with E-state index in [0.29, 0.717) is 5.57 Å². The molecule has 1 N–H and O–H groups in total. The second kappa shape index (κ2) is 7.53. The van der Waals surface area contributed by atoms with Crippen molar-refractivity contribution >= 4 is 14.5 Å². The molecule has 1 aliphatic heterocycles. The van der Waals surface area contributed by atoms with Crippen LogP contribution in [-0.2, 0) is 18.4 Å². The Morgan fingerprint density at radius 2 is 2.00 bits per heavy atom. The smallest absolute Gasteiger partial charge is 0.372 e. The fraction of sp³-hybridized carbons (Fsp3) is 0.800. The number of hydrogen-bond acceptors (Lipinski definition) is 4. The van der Waals surface area contributed by atoms with Gasteiger partial charge in [0, 0.05) is 26.9 Å².